The number of oxime groups is 1. The molecule has 1 saturated heterocycles. The summed E-state index contributed by atoms with van der Waals surface area (Å²) in [5.74, 6) is -1.39. The lowest BCUT2D eigenvalue weighted by atomic mass is 9.86. The normalized spacial score (nSPS) is 17.1. The highest BCUT2D eigenvalue weighted by molar-refractivity contribution is 8.00. The van der Waals surface area contributed by atoms with Crippen molar-refractivity contribution < 1.29 is 32.7 Å². The van der Waals surface area contributed by atoms with Gasteiger partial charge in [0.1, 0.15) is 5.60 Å². The monoisotopic (exact) mass is 501 g/mol. The number of halogens is 3. The van der Waals surface area contributed by atoms with Crippen molar-refractivity contribution in [2.24, 2.45) is 10.9 Å². The number of carbonyl (C=O) groups is 2. The van der Waals surface area contributed by atoms with Crippen LogP contribution in [-0.4, -0.2) is 51.8 Å². The molecule has 0 atom stereocenters. The molecule has 3 N–H and O–H groups in total. The van der Waals surface area contributed by atoms with Gasteiger partial charge in [-0.25, -0.2) is 4.79 Å². The number of thioether (sulfide) groups is 1. The highest BCUT2D eigenvalue weighted by Gasteiger charge is 2.44. The zero-order valence-electron chi connectivity index (χ0n) is 17.4. The lowest BCUT2D eigenvalue weighted by Crippen LogP contribution is -2.47. The van der Waals surface area contributed by atoms with E-state index >= 15 is 0 Å². The second kappa shape index (κ2) is 10.6. The van der Waals surface area contributed by atoms with Gasteiger partial charge in [0, 0.05) is 54.2 Å². The Hall–Kier alpha value is -2.57. The van der Waals surface area contributed by atoms with Gasteiger partial charge in [-0.05, 0) is 47.5 Å². The number of alkyl halides is 3. The van der Waals surface area contributed by atoms with Crippen LogP contribution in [0.2, 0.25) is 0 Å². The van der Waals surface area contributed by atoms with Crippen molar-refractivity contribution in [1.29, 1.82) is 0 Å². The SMILES string of the molecule is NCc1cccs1.O=C(O)C1=NOC2(CCN(C(=O)c3ccc(SC(F)(F)F)cc3)CC2)C1. The number of thiophene rings is 1. The van der Waals surface area contributed by atoms with E-state index < -0.39 is 17.1 Å². The Bertz CT molecular complexity index is 987. The summed E-state index contributed by atoms with van der Waals surface area (Å²) in [5.41, 5.74) is 0.534. The Morgan fingerprint density at radius 2 is 1.88 bits per heavy atom. The second-order valence-electron chi connectivity index (χ2n) is 7.44. The zero-order valence-corrected chi connectivity index (χ0v) is 19.0. The highest BCUT2D eigenvalue weighted by Crippen LogP contribution is 2.37. The smallest absolute Gasteiger partial charge is 0.446 e. The van der Waals surface area contributed by atoms with E-state index in [0.717, 1.165) is 0 Å². The van der Waals surface area contributed by atoms with Crippen LogP contribution in [0.1, 0.15) is 34.5 Å². The molecule has 178 valence electrons. The first-order chi connectivity index (χ1) is 15.6. The van der Waals surface area contributed by atoms with Gasteiger partial charge in [-0.2, -0.15) is 13.2 Å². The van der Waals surface area contributed by atoms with Gasteiger partial charge in [-0.1, -0.05) is 11.2 Å². The molecular formula is C21H22F3N3O4S2. The Morgan fingerprint density at radius 3 is 2.33 bits per heavy atom. The number of amides is 1. The van der Waals surface area contributed by atoms with E-state index in [2.05, 4.69) is 5.16 Å². The molecule has 0 aliphatic carbocycles. The van der Waals surface area contributed by atoms with E-state index in [-0.39, 0.29) is 34.7 Å². The number of hydrogen-bond acceptors (Lipinski definition) is 7. The number of aliphatic carboxylic acids is 1. The molecule has 2 aromatic rings. The Kier molecular flexibility index (Phi) is 8.03. The van der Waals surface area contributed by atoms with Gasteiger partial charge in [-0.15, -0.1) is 11.3 Å². The minimum absolute atomic E-state index is 0.0179. The van der Waals surface area contributed by atoms with Crippen LogP contribution in [-0.2, 0) is 16.2 Å². The summed E-state index contributed by atoms with van der Waals surface area (Å²) in [5, 5.41) is 14.6. The number of carbonyl (C=O) groups excluding carboxylic acids is 1. The minimum atomic E-state index is -4.37. The van der Waals surface area contributed by atoms with E-state index in [1.165, 1.54) is 29.1 Å². The topological polar surface area (TPSA) is 105 Å². The number of likely N-dealkylation sites (tertiary alicyclic amines) is 1. The summed E-state index contributed by atoms with van der Waals surface area (Å²) in [7, 11) is 0. The molecule has 1 aromatic heterocycles. The molecule has 4 rings (SSSR count). The molecule has 1 aromatic carbocycles. The van der Waals surface area contributed by atoms with Gasteiger partial charge < -0.3 is 20.6 Å². The lowest BCUT2D eigenvalue weighted by Gasteiger charge is -2.37. The lowest BCUT2D eigenvalue weighted by molar-refractivity contribution is -0.129. The van der Waals surface area contributed by atoms with Crippen molar-refractivity contribution in [1.82, 2.24) is 4.90 Å². The number of nitrogens with two attached hydrogens (primary N) is 1. The highest BCUT2D eigenvalue weighted by atomic mass is 32.2. The molecule has 1 amide bonds. The first-order valence-electron chi connectivity index (χ1n) is 9.97. The largest absolute Gasteiger partial charge is 0.477 e. The van der Waals surface area contributed by atoms with Crippen LogP contribution in [0.4, 0.5) is 13.2 Å². The fourth-order valence-corrected chi connectivity index (χ4v) is 4.56. The summed E-state index contributed by atoms with van der Waals surface area (Å²) >= 11 is 1.47. The van der Waals surface area contributed by atoms with Gasteiger partial charge >= 0.3 is 11.5 Å². The van der Waals surface area contributed by atoms with E-state index in [1.54, 1.807) is 16.2 Å². The maximum atomic E-state index is 12.5. The van der Waals surface area contributed by atoms with E-state index in [4.69, 9.17) is 15.7 Å². The van der Waals surface area contributed by atoms with Crippen LogP contribution >= 0.6 is 23.1 Å². The molecule has 7 nitrogen and oxygen atoms in total. The number of benzene rings is 1. The molecule has 1 spiro atoms. The number of carboxylic acids is 1. The summed E-state index contributed by atoms with van der Waals surface area (Å²) in [6, 6.07) is 9.32. The molecule has 33 heavy (non-hydrogen) atoms. The van der Waals surface area contributed by atoms with E-state index in [9.17, 15) is 22.8 Å². The standard InChI is InChI=1S/C16H15F3N2O4S.C5H7NS/c17-16(18,19)26-11-3-1-10(2-4-11)13(22)21-7-5-15(6-8-21)9-12(14(23)24)20-25-15;6-4-5-2-1-3-7-5/h1-4H,5-9H2,(H,23,24);1-3H,4,6H2. The first-order valence-corrected chi connectivity index (χ1v) is 11.7. The maximum Gasteiger partial charge on any atom is 0.446 e. The molecule has 0 unspecified atom stereocenters. The average Bonchev–Trinajstić information content (AvgIpc) is 3.44. The summed E-state index contributed by atoms with van der Waals surface area (Å²) in [6.45, 7) is 1.40. The van der Waals surface area contributed by atoms with Crippen molar-refractivity contribution in [2.75, 3.05) is 13.1 Å². The van der Waals surface area contributed by atoms with Crippen LogP contribution in [0.25, 0.3) is 0 Å². The average molecular weight is 502 g/mol. The van der Waals surface area contributed by atoms with Gasteiger partial charge in [0.15, 0.2) is 5.71 Å². The van der Waals surface area contributed by atoms with Crippen molar-refractivity contribution in [3.05, 3.63) is 52.2 Å². The summed E-state index contributed by atoms with van der Waals surface area (Å²) in [4.78, 5) is 31.6. The number of rotatable bonds is 4. The number of hydrogen-bond donors (Lipinski definition) is 2. The van der Waals surface area contributed by atoms with Crippen LogP contribution in [0.5, 0.6) is 0 Å². The van der Waals surface area contributed by atoms with Crippen LogP contribution in [0.3, 0.4) is 0 Å². The molecule has 0 saturated carbocycles. The third-order valence-electron chi connectivity index (χ3n) is 5.16. The van der Waals surface area contributed by atoms with Crippen molar-refractivity contribution >= 4 is 40.7 Å². The summed E-state index contributed by atoms with van der Waals surface area (Å²) in [6.07, 6.45) is 1.09. The van der Waals surface area contributed by atoms with Crippen LogP contribution < -0.4 is 5.73 Å². The first kappa shape index (κ1) is 25.1. The van der Waals surface area contributed by atoms with Gasteiger partial charge in [0.05, 0.1) is 0 Å². The molecular weight excluding hydrogens is 479 g/mol. The quantitative estimate of drug-likeness (QED) is 0.604. The third kappa shape index (κ3) is 6.95. The number of piperidine rings is 1. The molecule has 0 radical (unpaired) electrons. The third-order valence-corrected chi connectivity index (χ3v) is 6.80. The zero-order chi connectivity index (χ0) is 24.1. The van der Waals surface area contributed by atoms with Crippen LogP contribution in [0, 0.1) is 0 Å². The number of nitrogens with zero attached hydrogens (tertiary/aromatic N) is 2. The van der Waals surface area contributed by atoms with Gasteiger partial charge in [0.2, 0.25) is 0 Å². The minimum Gasteiger partial charge on any atom is -0.477 e. The Balaban J connectivity index is 0.000000374. The van der Waals surface area contributed by atoms with Gasteiger partial charge in [0.25, 0.3) is 5.91 Å². The molecule has 0 bridgehead atoms. The molecule has 2 aliphatic rings. The van der Waals surface area contributed by atoms with Crippen molar-refractivity contribution in [3.63, 3.8) is 0 Å². The molecule has 1 fully saturated rings. The van der Waals surface area contributed by atoms with Gasteiger partial charge in [-0.3, -0.25) is 4.79 Å². The Labute approximate surface area is 196 Å². The van der Waals surface area contributed by atoms with Crippen molar-refractivity contribution in [3.8, 4) is 0 Å². The fraction of sp³-hybridized carbons (Fsp3) is 0.381. The maximum absolute atomic E-state index is 12.5. The molecule has 3 heterocycles. The molecule has 2 aliphatic heterocycles. The second-order valence-corrected chi connectivity index (χ2v) is 9.61. The van der Waals surface area contributed by atoms with E-state index in [1.807, 2.05) is 17.5 Å². The number of carboxylic acid groups (broad SMARTS) is 1. The van der Waals surface area contributed by atoms with Crippen molar-refractivity contribution in [2.45, 2.75) is 41.8 Å². The summed E-state index contributed by atoms with van der Waals surface area (Å²) < 4.78 is 37.0. The predicted octanol–water partition coefficient (Wildman–Crippen LogP) is 4.34. The van der Waals surface area contributed by atoms with Crippen LogP contribution in [0.15, 0.2) is 51.8 Å². The fourth-order valence-electron chi connectivity index (χ4n) is 3.43. The van der Waals surface area contributed by atoms with E-state index in [0.29, 0.717) is 38.0 Å². The Morgan fingerprint density at radius 1 is 1.21 bits per heavy atom. The predicted molar refractivity (Wildman–Crippen MR) is 119 cm³/mol. The molecule has 12 heteroatoms.